The Labute approximate surface area is 150 Å². The second-order valence-corrected chi connectivity index (χ2v) is 7.07. The summed E-state index contributed by atoms with van der Waals surface area (Å²) in [6.07, 6.45) is -1.74. The van der Waals surface area contributed by atoms with Crippen molar-refractivity contribution in [1.82, 2.24) is 10.2 Å². The molecule has 26 heavy (non-hydrogen) atoms. The number of hydrogen-bond acceptors (Lipinski definition) is 2. The van der Waals surface area contributed by atoms with Gasteiger partial charge in [-0.2, -0.15) is 13.2 Å². The Hall–Kier alpha value is -2.05. The second-order valence-electron chi connectivity index (χ2n) is 7.07. The molecular weight excluding hydrogens is 345 g/mol. The average molecular weight is 368 g/mol. The fraction of sp³-hybridized carbons (Fsp3) is 0.579. The molecular formula is C19H23F3N2O2. The Balaban J connectivity index is 1.85. The largest absolute Gasteiger partial charge is 0.416 e. The molecule has 4 nitrogen and oxygen atoms in total. The van der Waals surface area contributed by atoms with Gasteiger partial charge in [-0.05, 0) is 50.3 Å². The van der Waals surface area contributed by atoms with Crippen molar-refractivity contribution in [3.63, 3.8) is 0 Å². The topological polar surface area (TPSA) is 49.4 Å². The highest BCUT2D eigenvalue weighted by molar-refractivity contribution is 5.84. The molecule has 1 aromatic carbocycles. The molecule has 1 heterocycles. The SMILES string of the molecule is CCNC(=O)[C@H]1CC[C@H](c2cccc(C(F)(F)F)c2)N(C(=O)C2CC2)C1. The number of benzene rings is 1. The van der Waals surface area contributed by atoms with Crippen LogP contribution in [0.3, 0.4) is 0 Å². The minimum atomic E-state index is -4.42. The van der Waals surface area contributed by atoms with Crippen LogP contribution in [0, 0.1) is 11.8 Å². The molecule has 1 saturated heterocycles. The summed E-state index contributed by atoms with van der Waals surface area (Å²) >= 11 is 0. The van der Waals surface area contributed by atoms with Crippen molar-refractivity contribution in [2.75, 3.05) is 13.1 Å². The van der Waals surface area contributed by atoms with Gasteiger partial charge in [0.1, 0.15) is 0 Å². The lowest BCUT2D eigenvalue weighted by Crippen LogP contribution is -2.47. The zero-order valence-corrected chi connectivity index (χ0v) is 14.7. The summed E-state index contributed by atoms with van der Waals surface area (Å²) in [4.78, 5) is 26.5. The number of halogens is 3. The van der Waals surface area contributed by atoms with E-state index >= 15 is 0 Å². The minimum Gasteiger partial charge on any atom is -0.356 e. The van der Waals surface area contributed by atoms with Gasteiger partial charge in [0.15, 0.2) is 0 Å². The maximum Gasteiger partial charge on any atom is 0.416 e. The van der Waals surface area contributed by atoms with Crippen LogP contribution in [0.5, 0.6) is 0 Å². The van der Waals surface area contributed by atoms with E-state index in [2.05, 4.69) is 5.32 Å². The maximum atomic E-state index is 13.0. The van der Waals surface area contributed by atoms with Crippen LogP contribution in [0.25, 0.3) is 0 Å². The van der Waals surface area contributed by atoms with E-state index in [4.69, 9.17) is 0 Å². The Kier molecular flexibility index (Phi) is 5.25. The summed E-state index contributed by atoms with van der Waals surface area (Å²) in [7, 11) is 0. The molecule has 2 atom stereocenters. The molecule has 1 saturated carbocycles. The lowest BCUT2D eigenvalue weighted by atomic mass is 9.87. The van der Waals surface area contributed by atoms with Gasteiger partial charge in [0.05, 0.1) is 17.5 Å². The Morgan fingerprint density at radius 1 is 1.15 bits per heavy atom. The van der Waals surface area contributed by atoms with E-state index in [1.807, 2.05) is 6.92 Å². The van der Waals surface area contributed by atoms with Crippen molar-refractivity contribution in [2.45, 2.75) is 44.8 Å². The van der Waals surface area contributed by atoms with E-state index in [9.17, 15) is 22.8 Å². The van der Waals surface area contributed by atoms with Crippen LogP contribution in [-0.2, 0) is 15.8 Å². The highest BCUT2D eigenvalue weighted by Crippen LogP contribution is 2.40. The molecule has 3 rings (SSSR count). The average Bonchev–Trinajstić information content (AvgIpc) is 3.45. The molecule has 2 aliphatic rings. The van der Waals surface area contributed by atoms with Crippen LogP contribution in [-0.4, -0.2) is 29.8 Å². The molecule has 7 heteroatoms. The Morgan fingerprint density at radius 2 is 1.85 bits per heavy atom. The van der Waals surface area contributed by atoms with Crippen LogP contribution in [0.4, 0.5) is 13.2 Å². The third kappa shape index (κ3) is 4.02. The van der Waals surface area contributed by atoms with E-state index in [0.29, 0.717) is 24.9 Å². The molecule has 2 fully saturated rings. The van der Waals surface area contributed by atoms with Crippen molar-refractivity contribution in [3.05, 3.63) is 35.4 Å². The van der Waals surface area contributed by atoms with Crippen molar-refractivity contribution < 1.29 is 22.8 Å². The van der Waals surface area contributed by atoms with Gasteiger partial charge < -0.3 is 10.2 Å². The van der Waals surface area contributed by atoms with Crippen molar-refractivity contribution >= 4 is 11.8 Å². The van der Waals surface area contributed by atoms with Gasteiger partial charge in [-0.1, -0.05) is 12.1 Å². The Bertz CT molecular complexity index is 686. The molecule has 1 aliphatic heterocycles. The number of carbonyl (C=O) groups is 2. The summed E-state index contributed by atoms with van der Waals surface area (Å²) in [5, 5.41) is 2.78. The number of amides is 2. The van der Waals surface area contributed by atoms with E-state index in [-0.39, 0.29) is 30.2 Å². The molecule has 1 aromatic rings. The molecule has 1 aliphatic carbocycles. The van der Waals surface area contributed by atoms with E-state index < -0.39 is 17.8 Å². The van der Waals surface area contributed by atoms with E-state index in [1.54, 1.807) is 11.0 Å². The Morgan fingerprint density at radius 3 is 2.46 bits per heavy atom. The third-order valence-corrected chi connectivity index (χ3v) is 5.11. The molecule has 0 bridgehead atoms. The molecule has 0 radical (unpaired) electrons. The number of likely N-dealkylation sites (tertiary alicyclic amines) is 1. The van der Waals surface area contributed by atoms with Crippen molar-refractivity contribution in [1.29, 1.82) is 0 Å². The summed E-state index contributed by atoms with van der Waals surface area (Å²) in [6.45, 7) is 2.62. The van der Waals surface area contributed by atoms with Gasteiger partial charge >= 0.3 is 6.18 Å². The maximum absolute atomic E-state index is 13.0. The minimum absolute atomic E-state index is 0.0404. The van der Waals surface area contributed by atoms with Gasteiger partial charge in [-0.3, -0.25) is 9.59 Å². The lowest BCUT2D eigenvalue weighted by molar-refractivity contribution is -0.140. The van der Waals surface area contributed by atoms with Crippen LogP contribution >= 0.6 is 0 Å². The highest BCUT2D eigenvalue weighted by atomic mass is 19.4. The first-order valence-electron chi connectivity index (χ1n) is 9.06. The quantitative estimate of drug-likeness (QED) is 0.884. The molecule has 2 amide bonds. The zero-order valence-electron chi connectivity index (χ0n) is 14.7. The van der Waals surface area contributed by atoms with Crippen LogP contribution in [0.2, 0.25) is 0 Å². The molecule has 0 unspecified atom stereocenters. The van der Waals surface area contributed by atoms with Gasteiger partial charge in [-0.25, -0.2) is 0 Å². The number of alkyl halides is 3. The smallest absolute Gasteiger partial charge is 0.356 e. The molecule has 0 aromatic heterocycles. The number of nitrogens with zero attached hydrogens (tertiary/aromatic N) is 1. The summed E-state index contributed by atoms with van der Waals surface area (Å²) < 4.78 is 39.1. The number of hydrogen-bond donors (Lipinski definition) is 1. The van der Waals surface area contributed by atoms with E-state index in [0.717, 1.165) is 25.0 Å². The molecule has 1 N–H and O–H groups in total. The third-order valence-electron chi connectivity index (χ3n) is 5.11. The number of nitrogens with one attached hydrogen (secondary N) is 1. The zero-order chi connectivity index (χ0) is 18.9. The fourth-order valence-electron chi connectivity index (χ4n) is 3.58. The standard InChI is InChI=1S/C19H23F3N2O2/c1-2-23-17(25)14-8-9-16(24(11-14)18(26)12-6-7-12)13-4-3-5-15(10-13)19(20,21)22/h3-5,10,12,14,16H,2,6-9,11H2,1H3,(H,23,25)/t14-,16+/m0/s1. The van der Waals surface area contributed by atoms with E-state index in [1.165, 1.54) is 6.07 Å². The van der Waals surface area contributed by atoms with Crippen LogP contribution < -0.4 is 5.32 Å². The number of rotatable bonds is 4. The summed E-state index contributed by atoms with van der Waals surface area (Å²) in [5.41, 5.74) is -0.220. The lowest BCUT2D eigenvalue weighted by Gasteiger charge is -2.40. The van der Waals surface area contributed by atoms with Gasteiger partial charge in [0.25, 0.3) is 0 Å². The first kappa shape index (κ1) is 18.7. The van der Waals surface area contributed by atoms with Gasteiger partial charge in [0.2, 0.25) is 11.8 Å². The fourth-order valence-corrected chi connectivity index (χ4v) is 3.58. The van der Waals surface area contributed by atoms with Crippen LogP contribution in [0.1, 0.15) is 49.8 Å². The summed E-state index contributed by atoms with van der Waals surface area (Å²) in [6, 6.07) is 4.78. The van der Waals surface area contributed by atoms with Gasteiger partial charge in [0, 0.05) is 19.0 Å². The summed E-state index contributed by atoms with van der Waals surface area (Å²) in [5.74, 6) is -0.485. The van der Waals surface area contributed by atoms with Gasteiger partial charge in [-0.15, -0.1) is 0 Å². The monoisotopic (exact) mass is 368 g/mol. The highest BCUT2D eigenvalue weighted by Gasteiger charge is 2.41. The van der Waals surface area contributed by atoms with Crippen molar-refractivity contribution in [3.8, 4) is 0 Å². The first-order chi connectivity index (χ1) is 12.3. The first-order valence-corrected chi connectivity index (χ1v) is 9.06. The number of carbonyl (C=O) groups excluding carboxylic acids is 2. The predicted octanol–water partition coefficient (Wildman–Crippen LogP) is 3.53. The molecule has 0 spiro atoms. The predicted molar refractivity (Wildman–Crippen MR) is 90.0 cm³/mol. The molecule has 142 valence electrons. The normalized spacial score (nSPS) is 23.6. The second kappa shape index (κ2) is 7.29. The van der Waals surface area contributed by atoms with Crippen LogP contribution in [0.15, 0.2) is 24.3 Å². The van der Waals surface area contributed by atoms with Crippen molar-refractivity contribution in [2.24, 2.45) is 11.8 Å². The number of piperidine rings is 1.